The Morgan fingerprint density at radius 2 is 1.64 bits per heavy atom. The summed E-state index contributed by atoms with van der Waals surface area (Å²) in [5, 5.41) is 0. The topological polar surface area (TPSA) is 67.4 Å². The molecule has 0 saturated heterocycles. The Hall–Kier alpha value is -3.12. The van der Waals surface area contributed by atoms with E-state index in [2.05, 4.69) is 26.8 Å². The molecule has 0 aromatic heterocycles. The van der Waals surface area contributed by atoms with E-state index in [-0.39, 0.29) is 12.5 Å². The fourth-order valence-electron chi connectivity index (χ4n) is 2.70. The third kappa shape index (κ3) is 4.98. The molecule has 28 heavy (non-hydrogen) atoms. The summed E-state index contributed by atoms with van der Waals surface area (Å²) < 4.78 is 6.55. The fourth-order valence-corrected chi connectivity index (χ4v) is 3.18. The van der Waals surface area contributed by atoms with Crippen molar-refractivity contribution in [1.82, 2.24) is 10.9 Å². The van der Waals surface area contributed by atoms with E-state index in [0.717, 1.165) is 21.2 Å². The van der Waals surface area contributed by atoms with Gasteiger partial charge in [0.1, 0.15) is 5.75 Å². The van der Waals surface area contributed by atoms with Crippen molar-refractivity contribution in [2.75, 3.05) is 6.61 Å². The summed E-state index contributed by atoms with van der Waals surface area (Å²) in [7, 11) is 0. The smallest absolute Gasteiger partial charge is 0.276 e. The summed E-state index contributed by atoms with van der Waals surface area (Å²) in [6.45, 7) is 1.61. The van der Waals surface area contributed by atoms with Gasteiger partial charge >= 0.3 is 0 Å². The monoisotopic (exact) mass is 438 g/mol. The molecular formula is C22H19BrN2O3. The van der Waals surface area contributed by atoms with Crippen LogP contribution < -0.4 is 15.6 Å². The molecule has 142 valence electrons. The van der Waals surface area contributed by atoms with Crippen LogP contribution in [0.1, 0.15) is 15.9 Å². The summed E-state index contributed by atoms with van der Waals surface area (Å²) in [5.74, 6) is -0.243. The van der Waals surface area contributed by atoms with Crippen LogP contribution in [0.4, 0.5) is 0 Å². The molecule has 0 fully saturated rings. The van der Waals surface area contributed by atoms with Gasteiger partial charge in [-0.1, -0.05) is 64.5 Å². The van der Waals surface area contributed by atoms with Gasteiger partial charge in [-0.3, -0.25) is 20.4 Å². The third-order valence-electron chi connectivity index (χ3n) is 4.08. The number of benzene rings is 3. The zero-order valence-corrected chi connectivity index (χ0v) is 16.8. The first-order valence-electron chi connectivity index (χ1n) is 8.67. The Morgan fingerprint density at radius 3 is 2.39 bits per heavy atom. The average Bonchev–Trinajstić information content (AvgIpc) is 2.71. The van der Waals surface area contributed by atoms with Gasteiger partial charge in [0.2, 0.25) is 0 Å². The van der Waals surface area contributed by atoms with Crippen molar-refractivity contribution in [3.8, 4) is 16.9 Å². The molecule has 0 bridgehead atoms. The number of ether oxygens (including phenoxy) is 1. The van der Waals surface area contributed by atoms with Crippen LogP contribution in [0, 0.1) is 6.92 Å². The quantitative estimate of drug-likeness (QED) is 0.584. The lowest BCUT2D eigenvalue weighted by atomic mass is 10.1. The highest BCUT2D eigenvalue weighted by Crippen LogP contribution is 2.29. The number of carbonyl (C=O) groups is 2. The van der Waals surface area contributed by atoms with Gasteiger partial charge < -0.3 is 4.74 Å². The average molecular weight is 439 g/mol. The van der Waals surface area contributed by atoms with Gasteiger partial charge in [0.25, 0.3) is 11.8 Å². The molecule has 6 heteroatoms. The SMILES string of the molecule is Cc1cc(Br)ccc1C(=O)NNC(=O)COc1ccccc1-c1ccccc1. The first-order valence-corrected chi connectivity index (χ1v) is 9.46. The number of nitrogens with one attached hydrogen (secondary N) is 2. The Bertz CT molecular complexity index is 990. The largest absolute Gasteiger partial charge is 0.483 e. The molecule has 0 atom stereocenters. The lowest BCUT2D eigenvalue weighted by molar-refractivity contribution is -0.123. The summed E-state index contributed by atoms with van der Waals surface area (Å²) in [6, 6.07) is 22.6. The fraction of sp³-hybridized carbons (Fsp3) is 0.0909. The minimum Gasteiger partial charge on any atom is -0.483 e. The predicted molar refractivity (Wildman–Crippen MR) is 112 cm³/mol. The number of amides is 2. The summed E-state index contributed by atoms with van der Waals surface area (Å²) in [4.78, 5) is 24.3. The van der Waals surface area contributed by atoms with E-state index in [9.17, 15) is 9.59 Å². The Morgan fingerprint density at radius 1 is 0.929 bits per heavy atom. The van der Waals surface area contributed by atoms with Crippen molar-refractivity contribution < 1.29 is 14.3 Å². The minimum atomic E-state index is -0.453. The molecule has 0 unspecified atom stereocenters. The number of hydrazine groups is 1. The van der Waals surface area contributed by atoms with Crippen LogP contribution in [-0.4, -0.2) is 18.4 Å². The van der Waals surface area contributed by atoms with Crippen LogP contribution in [-0.2, 0) is 4.79 Å². The van der Waals surface area contributed by atoms with Crippen molar-refractivity contribution >= 4 is 27.7 Å². The van der Waals surface area contributed by atoms with Crippen LogP contribution in [0.25, 0.3) is 11.1 Å². The lowest BCUT2D eigenvalue weighted by Gasteiger charge is -2.12. The minimum absolute atomic E-state index is 0.219. The van der Waals surface area contributed by atoms with Gasteiger partial charge in [-0.05, 0) is 42.3 Å². The van der Waals surface area contributed by atoms with E-state index in [4.69, 9.17) is 4.74 Å². The molecule has 0 radical (unpaired) electrons. The van der Waals surface area contributed by atoms with Crippen LogP contribution in [0.5, 0.6) is 5.75 Å². The summed E-state index contributed by atoms with van der Waals surface area (Å²) >= 11 is 3.35. The normalized spacial score (nSPS) is 10.2. The molecule has 0 saturated carbocycles. The van der Waals surface area contributed by atoms with E-state index in [1.54, 1.807) is 18.2 Å². The number of carbonyl (C=O) groups excluding carboxylic acids is 2. The van der Waals surface area contributed by atoms with Gasteiger partial charge in [0.15, 0.2) is 6.61 Å². The highest BCUT2D eigenvalue weighted by Gasteiger charge is 2.12. The van der Waals surface area contributed by atoms with Crippen molar-refractivity contribution in [2.24, 2.45) is 0 Å². The first kappa shape index (κ1) is 19.6. The molecule has 2 amide bonds. The molecule has 3 rings (SSSR count). The number of hydrogen-bond donors (Lipinski definition) is 2. The molecule has 0 spiro atoms. The molecule has 0 heterocycles. The van der Waals surface area contributed by atoms with E-state index in [1.807, 2.05) is 61.5 Å². The number of hydrogen-bond acceptors (Lipinski definition) is 3. The van der Waals surface area contributed by atoms with Crippen LogP contribution in [0.2, 0.25) is 0 Å². The number of para-hydroxylation sites is 1. The molecule has 3 aromatic rings. The van der Waals surface area contributed by atoms with Gasteiger partial charge in [0.05, 0.1) is 0 Å². The lowest BCUT2D eigenvalue weighted by Crippen LogP contribution is -2.44. The second-order valence-corrected chi connectivity index (χ2v) is 7.03. The molecule has 0 aliphatic heterocycles. The highest BCUT2D eigenvalue weighted by molar-refractivity contribution is 9.10. The van der Waals surface area contributed by atoms with Gasteiger partial charge in [-0.25, -0.2) is 0 Å². The van der Waals surface area contributed by atoms with E-state index >= 15 is 0 Å². The first-order chi connectivity index (χ1) is 13.5. The number of halogens is 1. The van der Waals surface area contributed by atoms with Crippen molar-refractivity contribution in [3.63, 3.8) is 0 Å². The molecule has 5 nitrogen and oxygen atoms in total. The number of rotatable bonds is 5. The third-order valence-corrected chi connectivity index (χ3v) is 4.57. The standard InChI is InChI=1S/C22H19BrN2O3/c1-15-13-17(23)11-12-18(15)22(27)25-24-21(26)14-28-20-10-6-5-9-19(20)16-7-3-2-4-8-16/h2-13H,14H2,1H3,(H,24,26)(H,25,27). The molecular weight excluding hydrogens is 420 g/mol. The van der Waals surface area contributed by atoms with Gasteiger partial charge in [-0.15, -0.1) is 0 Å². The Kier molecular flexibility index (Phi) is 6.45. The maximum atomic E-state index is 12.2. The van der Waals surface area contributed by atoms with Gasteiger partial charge in [0, 0.05) is 15.6 Å². The summed E-state index contributed by atoms with van der Waals surface area (Å²) in [5.41, 5.74) is 7.96. The van der Waals surface area contributed by atoms with Crippen molar-refractivity contribution in [2.45, 2.75) is 6.92 Å². The second kappa shape index (κ2) is 9.19. The van der Waals surface area contributed by atoms with Gasteiger partial charge in [-0.2, -0.15) is 0 Å². The zero-order chi connectivity index (χ0) is 19.9. The maximum absolute atomic E-state index is 12.2. The van der Waals surface area contributed by atoms with Crippen molar-refractivity contribution in [3.05, 3.63) is 88.4 Å². The van der Waals surface area contributed by atoms with Crippen LogP contribution >= 0.6 is 15.9 Å². The second-order valence-electron chi connectivity index (χ2n) is 6.11. The molecule has 0 aliphatic carbocycles. The molecule has 0 aliphatic rings. The Labute approximate surface area is 171 Å². The zero-order valence-electron chi connectivity index (χ0n) is 15.2. The number of aryl methyl sites for hydroxylation is 1. The summed E-state index contributed by atoms with van der Waals surface area (Å²) in [6.07, 6.45) is 0. The van der Waals surface area contributed by atoms with E-state index in [1.165, 1.54) is 0 Å². The van der Waals surface area contributed by atoms with Crippen LogP contribution in [0.3, 0.4) is 0 Å². The van der Waals surface area contributed by atoms with Crippen molar-refractivity contribution in [1.29, 1.82) is 0 Å². The molecule has 3 aromatic carbocycles. The maximum Gasteiger partial charge on any atom is 0.276 e. The highest BCUT2D eigenvalue weighted by atomic mass is 79.9. The van der Waals surface area contributed by atoms with E-state index < -0.39 is 5.91 Å². The molecule has 2 N–H and O–H groups in total. The Balaban J connectivity index is 1.57. The van der Waals surface area contributed by atoms with Crippen LogP contribution in [0.15, 0.2) is 77.3 Å². The van der Waals surface area contributed by atoms with E-state index in [0.29, 0.717) is 11.3 Å². The predicted octanol–water partition coefficient (Wildman–Crippen LogP) is 4.26.